The molecule has 4 aromatic rings. The summed E-state index contributed by atoms with van der Waals surface area (Å²) in [7, 11) is 0. The number of rotatable bonds is 6. The Labute approximate surface area is 177 Å². The highest BCUT2D eigenvalue weighted by Crippen LogP contribution is 2.25. The summed E-state index contributed by atoms with van der Waals surface area (Å²) in [5, 5.41) is 16.3. The van der Waals surface area contributed by atoms with Gasteiger partial charge in [0.25, 0.3) is 5.91 Å². The highest BCUT2D eigenvalue weighted by atomic mass is 16.4. The number of amides is 2. The Kier molecular flexibility index (Phi) is 5.36. The maximum absolute atomic E-state index is 12.7. The second-order valence-corrected chi connectivity index (χ2v) is 7.17. The van der Waals surface area contributed by atoms with E-state index < -0.39 is 29.9 Å². The van der Waals surface area contributed by atoms with Crippen molar-refractivity contribution < 1.29 is 19.5 Å². The maximum Gasteiger partial charge on any atom is 0.330 e. The monoisotopic (exact) mass is 416 g/mol. The number of nitrogens with zero attached hydrogens (tertiary/aromatic N) is 1. The number of carbonyl (C=O) groups is 3. The molecule has 4 N–H and O–H groups in total. The summed E-state index contributed by atoms with van der Waals surface area (Å²) in [6, 6.07) is 15.6. The number of carbonyl (C=O) groups excluding carboxylic acids is 2. The molecule has 8 heteroatoms. The zero-order valence-corrected chi connectivity index (χ0v) is 16.6. The maximum atomic E-state index is 12.7. The Morgan fingerprint density at radius 3 is 2.39 bits per heavy atom. The van der Waals surface area contributed by atoms with E-state index in [1.54, 1.807) is 42.6 Å². The average Bonchev–Trinajstić information content (AvgIpc) is 3.15. The highest BCUT2D eigenvalue weighted by molar-refractivity contribution is 6.09. The van der Waals surface area contributed by atoms with Crippen molar-refractivity contribution in [3.05, 3.63) is 78.1 Å². The molecule has 2 aromatic heterocycles. The number of hydrogen-bond acceptors (Lipinski definition) is 4. The van der Waals surface area contributed by atoms with Crippen LogP contribution in [-0.4, -0.2) is 38.9 Å². The fraction of sp³-hybridized carbons (Fsp3) is 0.130. The standard InChI is InChI=1S/C23H20N4O4/c1-13(21(28)27-20(23(30)31)14-7-3-2-4-8-14)25-22(29)18-11-16-15-9-5-6-10-17(15)26-19(16)12-24-18/h2-13,20,26H,1H3,(H,25,29)(H,27,28)(H,30,31). The molecule has 0 aliphatic carbocycles. The number of carboxylic acid groups (broad SMARTS) is 1. The quantitative estimate of drug-likeness (QED) is 0.385. The van der Waals surface area contributed by atoms with Gasteiger partial charge in [-0.1, -0.05) is 48.5 Å². The summed E-state index contributed by atoms with van der Waals surface area (Å²) >= 11 is 0. The van der Waals surface area contributed by atoms with Crippen molar-refractivity contribution in [2.24, 2.45) is 0 Å². The average molecular weight is 416 g/mol. The van der Waals surface area contributed by atoms with Crippen LogP contribution in [0.3, 0.4) is 0 Å². The van der Waals surface area contributed by atoms with E-state index in [0.29, 0.717) is 5.56 Å². The van der Waals surface area contributed by atoms with Crippen molar-refractivity contribution in [3.8, 4) is 0 Å². The molecule has 0 saturated heterocycles. The van der Waals surface area contributed by atoms with Crippen molar-refractivity contribution in [2.75, 3.05) is 0 Å². The van der Waals surface area contributed by atoms with Crippen LogP contribution < -0.4 is 10.6 Å². The number of aromatic amines is 1. The van der Waals surface area contributed by atoms with Gasteiger partial charge in [-0.15, -0.1) is 0 Å². The Balaban J connectivity index is 1.49. The van der Waals surface area contributed by atoms with Gasteiger partial charge in [0.15, 0.2) is 6.04 Å². The van der Waals surface area contributed by atoms with Gasteiger partial charge in [0.2, 0.25) is 5.91 Å². The van der Waals surface area contributed by atoms with Crippen molar-refractivity contribution in [1.82, 2.24) is 20.6 Å². The molecule has 8 nitrogen and oxygen atoms in total. The van der Waals surface area contributed by atoms with Crippen LogP contribution in [0.15, 0.2) is 66.9 Å². The Bertz CT molecular complexity index is 1280. The highest BCUT2D eigenvalue weighted by Gasteiger charge is 2.25. The van der Waals surface area contributed by atoms with Crippen molar-refractivity contribution in [2.45, 2.75) is 19.0 Å². The number of nitrogens with one attached hydrogen (secondary N) is 3. The fourth-order valence-electron chi connectivity index (χ4n) is 3.41. The third kappa shape index (κ3) is 4.09. The molecule has 0 bridgehead atoms. The molecule has 2 heterocycles. The molecule has 31 heavy (non-hydrogen) atoms. The van der Waals surface area contributed by atoms with Crippen LogP contribution in [0.5, 0.6) is 0 Å². The first-order chi connectivity index (χ1) is 14.9. The minimum atomic E-state index is -1.21. The SMILES string of the molecule is CC(NC(=O)c1cc2c(cn1)[nH]c1ccccc12)C(=O)NC(C(=O)O)c1ccccc1. The number of benzene rings is 2. The summed E-state index contributed by atoms with van der Waals surface area (Å²) in [4.78, 5) is 44.2. The fourth-order valence-corrected chi connectivity index (χ4v) is 3.41. The normalized spacial score (nSPS) is 12.9. The first kappa shape index (κ1) is 20.1. The number of aliphatic carboxylic acids is 1. The van der Waals surface area contributed by atoms with Crippen LogP contribution in [0.4, 0.5) is 0 Å². The third-order valence-corrected chi connectivity index (χ3v) is 5.03. The third-order valence-electron chi connectivity index (χ3n) is 5.03. The topological polar surface area (TPSA) is 124 Å². The summed E-state index contributed by atoms with van der Waals surface area (Å²) in [5.41, 5.74) is 2.34. The molecule has 0 aliphatic rings. The van der Waals surface area contributed by atoms with E-state index in [4.69, 9.17) is 0 Å². The molecule has 2 unspecified atom stereocenters. The van der Waals surface area contributed by atoms with Crippen LogP contribution in [0, 0.1) is 0 Å². The largest absolute Gasteiger partial charge is 0.479 e. The molecule has 0 aliphatic heterocycles. The van der Waals surface area contributed by atoms with Gasteiger partial charge in [0.05, 0.1) is 11.7 Å². The van der Waals surface area contributed by atoms with Crippen LogP contribution in [0.1, 0.15) is 29.0 Å². The number of fused-ring (bicyclic) bond motifs is 3. The van der Waals surface area contributed by atoms with Gasteiger partial charge in [0, 0.05) is 16.3 Å². The molecule has 0 fully saturated rings. The number of pyridine rings is 1. The van der Waals surface area contributed by atoms with Crippen LogP contribution in [0.2, 0.25) is 0 Å². The van der Waals surface area contributed by atoms with E-state index in [0.717, 1.165) is 21.8 Å². The van der Waals surface area contributed by atoms with Gasteiger partial charge in [-0.05, 0) is 24.6 Å². The number of para-hydroxylation sites is 1. The predicted octanol–water partition coefficient (Wildman–Crippen LogP) is 2.78. The van der Waals surface area contributed by atoms with E-state index in [2.05, 4.69) is 20.6 Å². The second-order valence-electron chi connectivity index (χ2n) is 7.17. The summed E-state index contributed by atoms with van der Waals surface area (Å²) in [6.45, 7) is 1.49. The van der Waals surface area contributed by atoms with E-state index in [9.17, 15) is 19.5 Å². The van der Waals surface area contributed by atoms with Crippen molar-refractivity contribution in [1.29, 1.82) is 0 Å². The summed E-state index contributed by atoms with van der Waals surface area (Å²) < 4.78 is 0. The van der Waals surface area contributed by atoms with Gasteiger partial charge < -0.3 is 20.7 Å². The molecule has 0 saturated carbocycles. The number of carboxylic acids is 1. The molecular formula is C23H20N4O4. The minimum Gasteiger partial charge on any atom is -0.479 e. The molecular weight excluding hydrogens is 396 g/mol. The Morgan fingerprint density at radius 1 is 0.935 bits per heavy atom. The molecule has 2 amide bonds. The molecule has 4 rings (SSSR count). The van der Waals surface area contributed by atoms with E-state index >= 15 is 0 Å². The molecule has 2 atom stereocenters. The van der Waals surface area contributed by atoms with Crippen molar-refractivity contribution in [3.63, 3.8) is 0 Å². The zero-order valence-electron chi connectivity index (χ0n) is 16.6. The van der Waals surface area contributed by atoms with E-state index in [1.807, 2.05) is 24.3 Å². The molecule has 0 spiro atoms. The summed E-state index contributed by atoms with van der Waals surface area (Å²) in [5.74, 6) is -2.33. The smallest absolute Gasteiger partial charge is 0.330 e. The van der Waals surface area contributed by atoms with Gasteiger partial charge in [-0.2, -0.15) is 0 Å². The lowest BCUT2D eigenvalue weighted by Gasteiger charge is -2.19. The predicted molar refractivity (Wildman–Crippen MR) is 115 cm³/mol. The Morgan fingerprint density at radius 2 is 1.65 bits per heavy atom. The lowest BCUT2D eigenvalue weighted by Crippen LogP contribution is -2.47. The zero-order chi connectivity index (χ0) is 22.0. The lowest BCUT2D eigenvalue weighted by molar-refractivity contribution is -0.142. The number of H-pyrrole nitrogens is 1. The molecule has 156 valence electrons. The van der Waals surface area contributed by atoms with Gasteiger partial charge in [-0.3, -0.25) is 9.59 Å². The van der Waals surface area contributed by atoms with Crippen LogP contribution >= 0.6 is 0 Å². The molecule has 0 radical (unpaired) electrons. The molecule has 2 aromatic carbocycles. The lowest BCUT2D eigenvalue weighted by atomic mass is 10.1. The number of aromatic nitrogens is 2. The summed E-state index contributed by atoms with van der Waals surface area (Å²) in [6.07, 6.45) is 1.57. The first-order valence-corrected chi connectivity index (χ1v) is 9.69. The van der Waals surface area contributed by atoms with E-state index in [1.165, 1.54) is 6.92 Å². The van der Waals surface area contributed by atoms with Crippen LogP contribution in [-0.2, 0) is 9.59 Å². The van der Waals surface area contributed by atoms with Gasteiger partial charge >= 0.3 is 5.97 Å². The van der Waals surface area contributed by atoms with Gasteiger partial charge in [-0.25, -0.2) is 9.78 Å². The van der Waals surface area contributed by atoms with Crippen molar-refractivity contribution >= 4 is 39.6 Å². The van der Waals surface area contributed by atoms with Gasteiger partial charge in [0.1, 0.15) is 11.7 Å². The Hall–Kier alpha value is -4.20. The first-order valence-electron chi connectivity index (χ1n) is 9.69. The van der Waals surface area contributed by atoms with E-state index in [-0.39, 0.29) is 5.69 Å². The minimum absolute atomic E-state index is 0.162. The number of hydrogen-bond donors (Lipinski definition) is 4. The van der Waals surface area contributed by atoms with Crippen LogP contribution in [0.25, 0.3) is 21.8 Å². The second kappa shape index (κ2) is 8.27.